The number of carbonyl (C=O) groups excluding carboxylic acids is 3. The molecule has 4 aliphatic rings. The number of likely N-dealkylation sites (N-methyl/N-ethyl adjacent to an activating group) is 1. The van der Waals surface area contributed by atoms with Gasteiger partial charge in [-0.15, -0.1) is 0 Å². The molecule has 356 valence electrons. The Labute approximate surface area is 368 Å². The number of methoxy groups -OCH3 is 1. The number of fused-ring (bicyclic) bond motifs is 3. The summed E-state index contributed by atoms with van der Waals surface area (Å²) >= 11 is 0. The fourth-order valence-electron chi connectivity index (χ4n) is 9.91. The smallest absolute Gasteiger partial charge is 0.311 e. The molecule has 2 bridgehead atoms. The first-order valence-corrected chi connectivity index (χ1v) is 22.1. The molecule has 18 atom stereocenters. The molecule has 0 aliphatic carbocycles. The SMILES string of the molecule is C=C1CON=C2[C@H](C)C[C@@](C)(OC1)[C@H](O[C@@H]1O[C@H](C)C[C@H](N(C)C)[C@H]1OC(C)=O)[C@@H](C)[C@H](OC1C[C@@](C)(OC)[C@@H](OC(C)=O)[C@H](C)O1)[C@@H](C)C(=O)O[C@H](CC)[C@@](C)(O)[C@H](O)[C@H]2C. The second-order valence-electron chi connectivity index (χ2n) is 19.0. The van der Waals surface area contributed by atoms with Crippen LogP contribution in [0.3, 0.4) is 0 Å². The molecule has 1 unspecified atom stereocenters. The van der Waals surface area contributed by atoms with Crippen molar-refractivity contribution in [1.82, 2.24) is 4.90 Å². The summed E-state index contributed by atoms with van der Waals surface area (Å²) in [6, 6.07) is -0.287. The summed E-state index contributed by atoms with van der Waals surface area (Å²) in [5, 5.41) is 28.6. The van der Waals surface area contributed by atoms with Crippen LogP contribution in [0.15, 0.2) is 17.3 Å². The Balaban J connectivity index is 1.98. The molecule has 0 aromatic rings. The lowest BCUT2D eigenvalue weighted by atomic mass is 9.73. The van der Waals surface area contributed by atoms with Crippen LogP contribution in [-0.2, 0) is 61.9 Å². The molecular formula is C45H76N2O15. The summed E-state index contributed by atoms with van der Waals surface area (Å²) in [5.41, 5.74) is -3.25. The van der Waals surface area contributed by atoms with Crippen molar-refractivity contribution in [2.45, 2.75) is 193 Å². The van der Waals surface area contributed by atoms with Gasteiger partial charge in [0.25, 0.3) is 0 Å². The minimum Gasteiger partial charge on any atom is -0.459 e. The highest BCUT2D eigenvalue weighted by atomic mass is 16.7. The van der Waals surface area contributed by atoms with Gasteiger partial charge in [-0.2, -0.15) is 0 Å². The maximum atomic E-state index is 14.6. The van der Waals surface area contributed by atoms with Gasteiger partial charge in [-0.3, -0.25) is 14.4 Å². The van der Waals surface area contributed by atoms with Crippen molar-refractivity contribution < 1.29 is 72.1 Å². The van der Waals surface area contributed by atoms with Crippen LogP contribution >= 0.6 is 0 Å². The molecule has 0 radical (unpaired) electrons. The van der Waals surface area contributed by atoms with Gasteiger partial charge in [0.05, 0.1) is 60.4 Å². The molecule has 4 aliphatic heterocycles. The Hall–Kier alpha value is -2.74. The average Bonchev–Trinajstić information content (AvgIpc) is 3.18. The summed E-state index contributed by atoms with van der Waals surface area (Å²) < 4.78 is 57.9. The first kappa shape index (κ1) is 51.9. The number of hydrogen-bond acceptors (Lipinski definition) is 17. The van der Waals surface area contributed by atoms with Crippen molar-refractivity contribution in [1.29, 1.82) is 0 Å². The molecule has 0 spiro atoms. The molecule has 0 saturated carbocycles. The minimum atomic E-state index is -1.93. The average molecular weight is 885 g/mol. The molecule has 3 saturated heterocycles. The van der Waals surface area contributed by atoms with Crippen LogP contribution in [0.4, 0.5) is 0 Å². The molecule has 17 nitrogen and oxygen atoms in total. The molecule has 2 N–H and O–H groups in total. The largest absolute Gasteiger partial charge is 0.459 e. The Morgan fingerprint density at radius 3 is 2.15 bits per heavy atom. The maximum absolute atomic E-state index is 14.6. The summed E-state index contributed by atoms with van der Waals surface area (Å²) in [6.07, 6.45) is -8.37. The number of ether oxygens (including phenoxy) is 9. The van der Waals surface area contributed by atoms with Crippen molar-refractivity contribution in [2.24, 2.45) is 28.8 Å². The van der Waals surface area contributed by atoms with E-state index in [1.54, 1.807) is 34.6 Å². The van der Waals surface area contributed by atoms with E-state index in [2.05, 4.69) is 11.7 Å². The second-order valence-corrected chi connectivity index (χ2v) is 19.0. The van der Waals surface area contributed by atoms with E-state index >= 15 is 0 Å². The van der Waals surface area contributed by atoms with Crippen molar-refractivity contribution in [2.75, 3.05) is 34.4 Å². The van der Waals surface area contributed by atoms with E-state index in [4.69, 9.17) is 47.5 Å². The zero-order chi connectivity index (χ0) is 46.6. The molecule has 62 heavy (non-hydrogen) atoms. The molecule has 4 rings (SSSR count). The zero-order valence-electron chi connectivity index (χ0n) is 39.7. The second kappa shape index (κ2) is 21.0. The lowest BCUT2D eigenvalue weighted by Gasteiger charge is -2.50. The number of rotatable bonds is 9. The standard InChI is InChI=1S/C45H76N2O15/c1-17-33-45(13,52)38(50)26(5)35-24(3)19-44(12,54-21-23(2)22-55-46-35)39(62-42-37(58-30(9)48)32(47(14)15)18-25(4)56-42)27(6)36(28(7)41(51)60-33)61-34-20-43(11,53-16)40(29(8)57-34)59-31(10)49/h24-29,32-34,36-40,42,50,52H,2,17-22H2,1,3-16H3/t24-,25-,26+,27+,28-,29+,32+,33-,34?,36+,37-,38-,39-,40+,42+,43-,44-,45-/m1/s1. The van der Waals surface area contributed by atoms with E-state index in [1.807, 2.05) is 46.7 Å². The van der Waals surface area contributed by atoms with Gasteiger partial charge in [0, 0.05) is 45.1 Å². The van der Waals surface area contributed by atoms with Crippen molar-refractivity contribution >= 4 is 23.6 Å². The predicted molar refractivity (Wildman–Crippen MR) is 227 cm³/mol. The monoisotopic (exact) mass is 885 g/mol. The van der Waals surface area contributed by atoms with E-state index in [1.165, 1.54) is 27.9 Å². The van der Waals surface area contributed by atoms with Crippen LogP contribution in [0.2, 0.25) is 0 Å². The van der Waals surface area contributed by atoms with Gasteiger partial charge in [-0.1, -0.05) is 39.4 Å². The van der Waals surface area contributed by atoms with Crippen LogP contribution < -0.4 is 0 Å². The van der Waals surface area contributed by atoms with Gasteiger partial charge in [0.15, 0.2) is 24.8 Å². The summed E-state index contributed by atoms with van der Waals surface area (Å²) in [7, 11) is 5.33. The number of cyclic esters (lactones) is 1. The van der Waals surface area contributed by atoms with Gasteiger partial charge >= 0.3 is 17.9 Å². The lowest BCUT2D eigenvalue weighted by Crippen LogP contribution is -2.62. The molecule has 3 fully saturated rings. The molecule has 4 heterocycles. The fraction of sp³-hybridized carbons (Fsp3) is 0.867. The van der Waals surface area contributed by atoms with Crippen molar-refractivity contribution in [3.8, 4) is 0 Å². The summed E-state index contributed by atoms with van der Waals surface area (Å²) in [4.78, 5) is 47.3. The topological polar surface area (TPSA) is 200 Å². The number of aliphatic hydroxyl groups is 2. The third-order valence-electron chi connectivity index (χ3n) is 13.4. The first-order chi connectivity index (χ1) is 28.8. The van der Waals surface area contributed by atoms with Crippen LogP contribution in [-0.4, -0.2) is 157 Å². The van der Waals surface area contributed by atoms with Crippen molar-refractivity contribution in [3.05, 3.63) is 12.2 Å². The van der Waals surface area contributed by atoms with E-state index < -0.39 is 114 Å². The Bertz CT molecular complexity index is 1590. The molecule has 17 heteroatoms. The van der Waals surface area contributed by atoms with Gasteiger partial charge in [0.1, 0.15) is 23.9 Å². The van der Waals surface area contributed by atoms with Gasteiger partial charge < -0.3 is 62.6 Å². The van der Waals surface area contributed by atoms with Crippen LogP contribution in [0.5, 0.6) is 0 Å². The summed E-state index contributed by atoms with van der Waals surface area (Å²) in [6.45, 7) is 24.7. The third kappa shape index (κ3) is 11.7. The van der Waals surface area contributed by atoms with E-state index in [0.717, 1.165) is 0 Å². The highest BCUT2D eigenvalue weighted by Gasteiger charge is 2.55. The Morgan fingerprint density at radius 1 is 0.919 bits per heavy atom. The quantitative estimate of drug-likeness (QED) is 0.188. The minimum absolute atomic E-state index is 0.0106. The number of hydrogen-bond donors (Lipinski definition) is 2. The third-order valence-corrected chi connectivity index (χ3v) is 13.4. The summed E-state index contributed by atoms with van der Waals surface area (Å²) in [5.74, 6) is -4.78. The number of aliphatic hydroxyl groups excluding tert-OH is 1. The predicted octanol–water partition coefficient (Wildman–Crippen LogP) is 4.32. The molecule has 0 aromatic heterocycles. The number of oxime groups is 1. The first-order valence-electron chi connectivity index (χ1n) is 22.1. The Morgan fingerprint density at radius 2 is 1.56 bits per heavy atom. The van der Waals surface area contributed by atoms with Crippen LogP contribution in [0.25, 0.3) is 0 Å². The van der Waals surface area contributed by atoms with Gasteiger partial charge in [-0.25, -0.2) is 0 Å². The number of carbonyl (C=O) groups is 3. The molecule has 0 amide bonds. The molecule has 0 aromatic carbocycles. The van der Waals surface area contributed by atoms with E-state index in [-0.39, 0.29) is 44.6 Å². The highest BCUT2D eigenvalue weighted by molar-refractivity contribution is 5.89. The zero-order valence-corrected chi connectivity index (χ0v) is 39.7. The van der Waals surface area contributed by atoms with E-state index in [0.29, 0.717) is 17.7 Å². The Kier molecular flexibility index (Phi) is 17.6. The normalized spacial score (nSPS) is 44.0. The highest BCUT2D eigenvalue weighted by Crippen LogP contribution is 2.43. The lowest BCUT2D eigenvalue weighted by molar-refractivity contribution is -0.321. The van der Waals surface area contributed by atoms with E-state index in [9.17, 15) is 24.6 Å². The number of esters is 3. The van der Waals surface area contributed by atoms with Crippen molar-refractivity contribution in [3.63, 3.8) is 0 Å². The number of nitrogens with zero attached hydrogens (tertiary/aromatic N) is 2. The molecular weight excluding hydrogens is 808 g/mol. The van der Waals surface area contributed by atoms with Crippen LogP contribution in [0, 0.1) is 23.7 Å². The van der Waals surface area contributed by atoms with Gasteiger partial charge in [-0.05, 0) is 80.5 Å². The maximum Gasteiger partial charge on any atom is 0.311 e. The van der Waals surface area contributed by atoms with Gasteiger partial charge in [0.2, 0.25) is 0 Å². The van der Waals surface area contributed by atoms with Crippen LogP contribution in [0.1, 0.15) is 109 Å². The fourth-order valence-corrected chi connectivity index (χ4v) is 9.91.